The number of rotatable bonds is 7. The van der Waals surface area contributed by atoms with Gasteiger partial charge in [-0.1, -0.05) is 74.5 Å². The van der Waals surface area contributed by atoms with Gasteiger partial charge in [-0.3, -0.25) is 9.69 Å². The van der Waals surface area contributed by atoms with Gasteiger partial charge in [0.15, 0.2) is 0 Å². The lowest BCUT2D eigenvalue weighted by Crippen LogP contribution is -2.74. The van der Waals surface area contributed by atoms with Crippen LogP contribution in [-0.4, -0.2) is 42.0 Å². The molecule has 2 N–H and O–H groups in total. The molecule has 5 atom stereocenters. The monoisotopic (exact) mass is 417 g/mol. The molecule has 1 saturated carbocycles. The van der Waals surface area contributed by atoms with Gasteiger partial charge in [0, 0.05) is 38.1 Å². The van der Waals surface area contributed by atoms with E-state index in [4.69, 9.17) is 0 Å². The van der Waals surface area contributed by atoms with Gasteiger partial charge in [-0.25, -0.2) is 0 Å². The molecule has 2 aromatic carbocycles. The van der Waals surface area contributed by atoms with E-state index >= 15 is 0 Å². The molecule has 4 heteroatoms. The molecule has 0 spiro atoms. The Morgan fingerprint density at radius 1 is 1.10 bits per heavy atom. The molecule has 0 unspecified atom stereocenters. The Morgan fingerprint density at radius 2 is 1.77 bits per heavy atom. The Labute approximate surface area is 186 Å². The van der Waals surface area contributed by atoms with Gasteiger partial charge in [0.05, 0.1) is 0 Å². The summed E-state index contributed by atoms with van der Waals surface area (Å²) in [6.07, 6.45) is 1.91. The summed E-state index contributed by atoms with van der Waals surface area (Å²) in [5, 5.41) is 7.07. The van der Waals surface area contributed by atoms with Crippen molar-refractivity contribution in [2.24, 2.45) is 23.7 Å². The quantitative estimate of drug-likeness (QED) is 0.725. The molecule has 4 nitrogen and oxygen atoms in total. The number of nitrogens with one attached hydrogen (secondary N) is 2. The number of nitrogens with zero attached hydrogens (tertiary/aromatic N) is 1. The minimum absolute atomic E-state index is 0.219. The highest BCUT2D eigenvalue weighted by Gasteiger charge is 2.64. The maximum Gasteiger partial charge on any atom is 0.240 e. The third kappa shape index (κ3) is 3.81. The fourth-order valence-electron chi connectivity index (χ4n) is 6.47. The van der Waals surface area contributed by atoms with E-state index in [-0.39, 0.29) is 11.8 Å². The lowest BCUT2D eigenvalue weighted by atomic mass is 9.58. The van der Waals surface area contributed by atoms with Crippen molar-refractivity contribution in [1.29, 1.82) is 0 Å². The molecule has 0 aromatic heterocycles. The Hall–Kier alpha value is -2.17. The summed E-state index contributed by atoms with van der Waals surface area (Å²) >= 11 is 0. The zero-order valence-electron chi connectivity index (χ0n) is 18.8. The largest absolute Gasteiger partial charge is 0.354 e. The predicted molar refractivity (Wildman–Crippen MR) is 124 cm³/mol. The Balaban J connectivity index is 1.47. The summed E-state index contributed by atoms with van der Waals surface area (Å²) in [7, 11) is 0. The molecule has 3 saturated heterocycles. The van der Waals surface area contributed by atoms with E-state index in [1.807, 2.05) is 0 Å². The minimum Gasteiger partial charge on any atom is -0.354 e. The number of carbonyl (C=O) groups excluding carboxylic acids is 1. The van der Waals surface area contributed by atoms with Crippen LogP contribution in [0.1, 0.15) is 31.4 Å². The standard InChI is InChI=1S/C27H35N3O/c1-19(2)15-28-26(31)27-14-22-18-30(17-21-11-7-4-8-12-21)25(23(22)16-29-27)24(27)13-20-9-5-3-6-10-20/h3-12,19,22-25,29H,13-18H2,1-2H3,(H,28,31)/t22-,23-,24-,25+,27+/m1/s1. The number of hydrogen-bond donors (Lipinski definition) is 2. The average Bonchev–Trinajstić information content (AvgIpc) is 3.08. The van der Waals surface area contributed by atoms with Crippen molar-refractivity contribution in [3.05, 3.63) is 71.8 Å². The molecule has 1 amide bonds. The SMILES string of the molecule is CC(C)CNC(=O)[C@@]12C[C@@H]3CN(Cc4ccccc4)[C@@H]([C@@H]3CN1)[C@H]2Cc1ccccc1. The van der Waals surface area contributed by atoms with Crippen LogP contribution in [0.2, 0.25) is 0 Å². The number of amides is 1. The van der Waals surface area contributed by atoms with E-state index in [9.17, 15) is 4.79 Å². The van der Waals surface area contributed by atoms with Crippen molar-refractivity contribution in [1.82, 2.24) is 15.5 Å². The average molecular weight is 418 g/mol. The maximum atomic E-state index is 13.7. The normalized spacial score (nSPS) is 31.8. The maximum absolute atomic E-state index is 13.7. The number of likely N-dealkylation sites (tertiary alicyclic amines) is 1. The second kappa shape index (κ2) is 8.40. The van der Waals surface area contributed by atoms with Gasteiger partial charge in [-0.05, 0) is 41.7 Å². The van der Waals surface area contributed by atoms with Crippen LogP contribution in [-0.2, 0) is 17.8 Å². The zero-order chi connectivity index (χ0) is 21.4. The molecule has 4 fully saturated rings. The lowest BCUT2D eigenvalue weighted by molar-refractivity contribution is -0.138. The van der Waals surface area contributed by atoms with Crippen LogP contribution in [0, 0.1) is 23.7 Å². The first-order valence-electron chi connectivity index (χ1n) is 11.9. The van der Waals surface area contributed by atoms with E-state index < -0.39 is 5.54 Å². The second-order valence-corrected chi connectivity index (χ2v) is 10.3. The van der Waals surface area contributed by atoms with Crippen LogP contribution >= 0.6 is 0 Å². The van der Waals surface area contributed by atoms with Crippen molar-refractivity contribution in [2.45, 2.75) is 44.8 Å². The third-order valence-electron chi connectivity index (χ3n) is 7.82. The van der Waals surface area contributed by atoms with E-state index in [1.165, 1.54) is 11.1 Å². The van der Waals surface area contributed by atoms with E-state index in [0.717, 1.165) is 39.0 Å². The summed E-state index contributed by atoms with van der Waals surface area (Å²) < 4.78 is 0. The Bertz CT molecular complexity index is 899. The zero-order valence-corrected chi connectivity index (χ0v) is 18.8. The predicted octanol–water partition coefficient (Wildman–Crippen LogP) is 3.48. The first kappa shape index (κ1) is 20.7. The molecule has 31 heavy (non-hydrogen) atoms. The topological polar surface area (TPSA) is 44.4 Å². The van der Waals surface area contributed by atoms with Gasteiger partial charge in [-0.2, -0.15) is 0 Å². The summed E-state index contributed by atoms with van der Waals surface area (Å²) in [5.74, 6) is 2.20. The number of benzene rings is 2. The van der Waals surface area contributed by atoms with Gasteiger partial charge in [0.25, 0.3) is 0 Å². The van der Waals surface area contributed by atoms with Gasteiger partial charge >= 0.3 is 0 Å². The summed E-state index contributed by atoms with van der Waals surface area (Å²) in [5.41, 5.74) is 2.25. The molecular formula is C27H35N3O. The Kier molecular flexibility index (Phi) is 5.61. The van der Waals surface area contributed by atoms with Crippen LogP contribution in [0.15, 0.2) is 60.7 Å². The molecule has 164 valence electrons. The van der Waals surface area contributed by atoms with Crippen LogP contribution in [0.4, 0.5) is 0 Å². The number of hydrogen-bond acceptors (Lipinski definition) is 3. The van der Waals surface area contributed by atoms with E-state index in [1.54, 1.807) is 0 Å². The van der Waals surface area contributed by atoms with Crippen LogP contribution in [0.3, 0.4) is 0 Å². The van der Waals surface area contributed by atoms with Gasteiger partial charge in [0.2, 0.25) is 5.91 Å². The molecule has 4 aliphatic rings. The van der Waals surface area contributed by atoms with Crippen molar-refractivity contribution in [3.63, 3.8) is 0 Å². The highest BCUT2D eigenvalue weighted by Crippen LogP contribution is 2.53. The van der Waals surface area contributed by atoms with Crippen LogP contribution in [0.5, 0.6) is 0 Å². The van der Waals surface area contributed by atoms with Crippen LogP contribution < -0.4 is 10.6 Å². The second-order valence-electron chi connectivity index (χ2n) is 10.3. The first-order chi connectivity index (χ1) is 15.1. The third-order valence-corrected chi connectivity index (χ3v) is 7.82. The molecule has 3 heterocycles. The fraction of sp³-hybridized carbons (Fsp3) is 0.519. The van der Waals surface area contributed by atoms with Crippen molar-refractivity contribution in [2.75, 3.05) is 19.6 Å². The molecule has 2 aromatic rings. The highest BCUT2D eigenvalue weighted by atomic mass is 16.2. The summed E-state index contributed by atoms with van der Waals surface area (Å²) in [6.45, 7) is 8.11. The molecule has 1 aliphatic carbocycles. The molecule has 4 bridgehead atoms. The molecular weight excluding hydrogens is 382 g/mol. The Morgan fingerprint density at radius 3 is 2.45 bits per heavy atom. The minimum atomic E-state index is -0.458. The molecule has 6 rings (SSSR count). The fourth-order valence-corrected chi connectivity index (χ4v) is 6.47. The molecule has 0 radical (unpaired) electrons. The number of piperidine rings is 2. The van der Waals surface area contributed by atoms with Crippen LogP contribution in [0.25, 0.3) is 0 Å². The summed E-state index contributed by atoms with van der Waals surface area (Å²) in [6, 6.07) is 22.0. The van der Waals surface area contributed by atoms with Crippen molar-refractivity contribution < 1.29 is 4.79 Å². The first-order valence-corrected chi connectivity index (χ1v) is 11.9. The molecule has 3 aliphatic heterocycles. The number of fused-ring (bicyclic) bond motifs is 1. The van der Waals surface area contributed by atoms with E-state index in [2.05, 4.69) is 90.0 Å². The summed E-state index contributed by atoms with van der Waals surface area (Å²) in [4.78, 5) is 16.4. The lowest BCUT2D eigenvalue weighted by Gasteiger charge is -2.56. The highest BCUT2D eigenvalue weighted by molar-refractivity contribution is 5.87. The van der Waals surface area contributed by atoms with Crippen molar-refractivity contribution in [3.8, 4) is 0 Å². The number of carbonyl (C=O) groups is 1. The van der Waals surface area contributed by atoms with Gasteiger partial charge < -0.3 is 10.6 Å². The van der Waals surface area contributed by atoms with Gasteiger partial charge in [0.1, 0.15) is 5.54 Å². The smallest absolute Gasteiger partial charge is 0.240 e. The van der Waals surface area contributed by atoms with Crippen molar-refractivity contribution >= 4 is 5.91 Å². The van der Waals surface area contributed by atoms with Gasteiger partial charge in [-0.15, -0.1) is 0 Å². The van der Waals surface area contributed by atoms with E-state index in [0.29, 0.717) is 23.8 Å².